The van der Waals surface area contributed by atoms with Gasteiger partial charge in [0.15, 0.2) is 6.04 Å². The summed E-state index contributed by atoms with van der Waals surface area (Å²) in [5, 5.41) is 2.65. The molecule has 7 heteroatoms. The van der Waals surface area contributed by atoms with E-state index in [-0.39, 0.29) is 11.9 Å². The van der Waals surface area contributed by atoms with E-state index in [0.29, 0.717) is 18.9 Å². The number of quaternary nitrogens is 1. The number of carbonyl (C=O) groups is 1. The van der Waals surface area contributed by atoms with Gasteiger partial charge in [-0.15, -0.1) is 0 Å². The highest BCUT2D eigenvalue weighted by atomic mass is 19.4. The number of morpholine rings is 1. The normalized spacial score (nSPS) is 18.3. The van der Waals surface area contributed by atoms with Crippen LogP contribution in [-0.2, 0) is 15.7 Å². The highest BCUT2D eigenvalue weighted by Gasteiger charge is 2.30. The molecule has 1 aromatic carbocycles. The third kappa shape index (κ3) is 4.18. The summed E-state index contributed by atoms with van der Waals surface area (Å²) in [6.45, 7) is 4.55. The van der Waals surface area contributed by atoms with Gasteiger partial charge in [-0.1, -0.05) is 0 Å². The van der Waals surface area contributed by atoms with Crippen LogP contribution in [0.15, 0.2) is 24.3 Å². The fourth-order valence-electron chi connectivity index (χ4n) is 2.25. The molecule has 1 amide bonds. The lowest BCUT2D eigenvalue weighted by atomic mass is 10.2. The van der Waals surface area contributed by atoms with Crippen molar-refractivity contribution < 1.29 is 27.6 Å². The van der Waals surface area contributed by atoms with Crippen molar-refractivity contribution in [1.82, 2.24) is 0 Å². The summed E-state index contributed by atoms with van der Waals surface area (Å²) in [5.41, 5.74) is -0.361. The highest BCUT2D eigenvalue weighted by molar-refractivity contribution is 5.93. The van der Waals surface area contributed by atoms with E-state index in [4.69, 9.17) is 4.74 Å². The van der Waals surface area contributed by atoms with Gasteiger partial charge in [-0.3, -0.25) is 4.79 Å². The monoisotopic (exact) mass is 303 g/mol. The van der Waals surface area contributed by atoms with Gasteiger partial charge in [-0.2, -0.15) is 13.2 Å². The van der Waals surface area contributed by atoms with Crippen molar-refractivity contribution in [2.24, 2.45) is 0 Å². The molecule has 1 aliphatic rings. The lowest BCUT2D eigenvalue weighted by Crippen LogP contribution is -3.18. The second-order valence-corrected chi connectivity index (χ2v) is 5.06. The van der Waals surface area contributed by atoms with E-state index in [2.05, 4.69) is 5.32 Å². The topological polar surface area (TPSA) is 42.8 Å². The Balaban J connectivity index is 1.95. The summed E-state index contributed by atoms with van der Waals surface area (Å²) in [4.78, 5) is 13.2. The summed E-state index contributed by atoms with van der Waals surface area (Å²) >= 11 is 0. The zero-order chi connectivity index (χ0) is 15.5. The SMILES string of the molecule is C[C@H](C(=O)Nc1ccc(C(F)(F)F)cc1)[NH+]1CCOCC1. The van der Waals surface area contributed by atoms with E-state index in [9.17, 15) is 18.0 Å². The molecule has 2 rings (SSSR count). The van der Waals surface area contributed by atoms with Crippen LogP contribution >= 0.6 is 0 Å². The molecule has 116 valence electrons. The van der Waals surface area contributed by atoms with Crippen molar-refractivity contribution in [2.45, 2.75) is 19.1 Å². The second kappa shape index (κ2) is 6.44. The minimum absolute atomic E-state index is 0.202. The summed E-state index contributed by atoms with van der Waals surface area (Å²) in [7, 11) is 0. The van der Waals surface area contributed by atoms with Gasteiger partial charge >= 0.3 is 6.18 Å². The Morgan fingerprint density at radius 1 is 1.24 bits per heavy atom. The Morgan fingerprint density at radius 2 is 1.81 bits per heavy atom. The number of amides is 1. The number of anilines is 1. The zero-order valence-electron chi connectivity index (χ0n) is 11.7. The van der Waals surface area contributed by atoms with Crippen molar-refractivity contribution in [3.05, 3.63) is 29.8 Å². The number of halogens is 3. The van der Waals surface area contributed by atoms with E-state index in [1.807, 2.05) is 0 Å². The molecule has 4 nitrogen and oxygen atoms in total. The average Bonchev–Trinajstić information content (AvgIpc) is 2.47. The van der Waals surface area contributed by atoms with Crippen molar-refractivity contribution in [3.8, 4) is 0 Å². The Morgan fingerprint density at radius 3 is 2.33 bits per heavy atom. The maximum Gasteiger partial charge on any atom is 0.416 e. The minimum atomic E-state index is -4.37. The van der Waals surface area contributed by atoms with E-state index in [1.165, 1.54) is 12.1 Å². The van der Waals surface area contributed by atoms with Crippen LogP contribution in [0.25, 0.3) is 0 Å². The molecule has 1 saturated heterocycles. The van der Waals surface area contributed by atoms with Crippen molar-refractivity contribution in [1.29, 1.82) is 0 Å². The second-order valence-electron chi connectivity index (χ2n) is 5.06. The van der Waals surface area contributed by atoms with Gasteiger partial charge < -0.3 is 15.0 Å². The molecule has 1 fully saturated rings. The number of rotatable bonds is 3. The molecule has 0 spiro atoms. The van der Waals surface area contributed by atoms with Gasteiger partial charge in [0.25, 0.3) is 5.91 Å². The first-order valence-electron chi connectivity index (χ1n) is 6.78. The van der Waals surface area contributed by atoms with E-state index < -0.39 is 11.7 Å². The number of alkyl halides is 3. The van der Waals surface area contributed by atoms with Gasteiger partial charge in [0.2, 0.25) is 0 Å². The molecule has 2 N–H and O–H groups in total. The first-order chi connectivity index (χ1) is 9.88. The van der Waals surface area contributed by atoms with Crippen LogP contribution in [0.2, 0.25) is 0 Å². The van der Waals surface area contributed by atoms with E-state index in [0.717, 1.165) is 30.1 Å². The average molecular weight is 303 g/mol. The molecule has 0 unspecified atom stereocenters. The molecular weight excluding hydrogens is 285 g/mol. The lowest BCUT2D eigenvalue weighted by Gasteiger charge is -2.28. The fraction of sp³-hybridized carbons (Fsp3) is 0.500. The third-order valence-electron chi connectivity index (χ3n) is 3.62. The molecular formula is C14H18F3N2O2+. The van der Waals surface area contributed by atoms with Crippen molar-refractivity contribution >= 4 is 11.6 Å². The highest BCUT2D eigenvalue weighted by Crippen LogP contribution is 2.29. The Labute approximate surface area is 120 Å². The Bertz CT molecular complexity index is 482. The van der Waals surface area contributed by atoms with E-state index in [1.54, 1.807) is 6.92 Å². The number of benzene rings is 1. The molecule has 1 aliphatic heterocycles. The van der Waals surface area contributed by atoms with Crippen LogP contribution in [0.1, 0.15) is 12.5 Å². The quantitative estimate of drug-likeness (QED) is 0.873. The maximum atomic E-state index is 12.5. The van der Waals surface area contributed by atoms with Crippen molar-refractivity contribution in [3.63, 3.8) is 0 Å². The number of carbonyl (C=O) groups excluding carboxylic acids is 1. The third-order valence-corrected chi connectivity index (χ3v) is 3.62. The Hall–Kier alpha value is -1.60. The largest absolute Gasteiger partial charge is 0.416 e. The van der Waals surface area contributed by atoms with Crippen LogP contribution in [0.4, 0.5) is 18.9 Å². The molecule has 0 bridgehead atoms. The molecule has 1 aromatic rings. The summed E-state index contributed by atoms with van der Waals surface area (Å²) in [5.74, 6) is -0.202. The molecule has 0 radical (unpaired) electrons. The number of ether oxygens (including phenoxy) is 1. The standard InChI is InChI=1S/C14H17F3N2O2/c1-10(19-6-8-21-9-7-19)13(20)18-12-4-2-11(3-5-12)14(15,16)17/h2-5,10H,6-9H2,1H3,(H,18,20)/p+1/t10-/m1/s1. The van der Waals surface area contributed by atoms with Crippen LogP contribution in [0.3, 0.4) is 0 Å². The summed E-state index contributed by atoms with van der Waals surface area (Å²) in [6, 6.07) is 4.18. The van der Waals surface area contributed by atoms with Gasteiger partial charge in [-0.25, -0.2) is 0 Å². The molecule has 21 heavy (non-hydrogen) atoms. The van der Waals surface area contributed by atoms with Crippen LogP contribution in [0.5, 0.6) is 0 Å². The fourth-order valence-corrected chi connectivity index (χ4v) is 2.25. The molecule has 0 aliphatic carbocycles. The van der Waals surface area contributed by atoms with Crippen molar-refractivity contribution in [2.75, 3.05) is 31.6 Å². The number of hydrogen-bond acceptors (Lipinski definition) is 2. The summed E-state index contributed by atoms with van der Waals surface area (Å²) < 4.78 is 42.6. The van der Waals surface area contributed by atoms with E-state index >= 15 is 0 Å². The lowest BCUT2D eigenvalue weighted by molar-refractivity contribution is -0.921. The molecule has 0 saturated carbocycles. The first-order valence-corrected chi connectivity index (χ1v) is 6.78. The smallest absolute Gasteiger partial charge is 0.370 e. The van der Waals surface area contributed by atoms with Gasteiger partial charge in [0.1, 0.15) is 13.1 Å². The Kier molecular flexibility index (Phi) is 4.84. The number of nitrogens with one attached hydrogen (secondary N) is 2. The molecule has 1 heterocycles. The maximum absolute atomic E-state index is 12.5. The van der Waals surface area contributed by atoms with Crippen LogP contribution in [-0.4, -0.2) is 38.3 Å². The molecule has 1 atom stereocenters. The zero-order valence-corrected chi connectivity index (χ0v) is 11.7. The summed E-state index contributed by atoms with van der Waals surface area (Å²) in [6.07, 6.45) is -4.37. The molecule has 0 aromatic heterocycles. The minimum Gasteiger partial charge on any atom is -0.370 e. The predicted molar refractivity (Wildman–Crippen MR) is 71.1 cm³/mol. The van der Waals surface area contributed by atoms with Gasteiger partial charge in [0.05, 0.1) is 18.8 Å². The predicted octanol–water partition coefficient (Wildman–Crippen LogP) is 0.947. The van der Waals surface area contributed by atoms with Gasteiger partial charge in [-0.05, 0) is 31.2 Å². The van der Waals surface area contributed by atoms with Crippen LogP contribution in [0, 0.1) is 0 Å². The van der Waals surface area contributed by atoms with Gasteiger partial charge in [0, 0.05) is 5.69 Å². The first kappa shape index (κ1) is 15.8. The number of hydrogen-bond donors (Lipinski definition) is 2. The van der Waals surface area contributed by atoms with Crippen LogP contribution < -0.4 is 10.2 Å².